The topological polar surface area (TPSA) is 118 Å². The van der Waals surface area contributed by atoms with E-state index < -0.39 is 18.8 Å². The molecule has 144 valence electrons. The molecule has 7 nitrogen and oxygen atoms in total. The molecule has 6 N–H and O–H groups in total. The average molecular weight is 380 g/mol. The zero-order valence-corrected chi connectivity index (χ0v) is 14.4. The van der Waals surface area contributed by atoms with Gasteiger partial charge in [-0.05, 0) is 12.5 Å². The lowest BCUT2D eigenvalue weighted by atomic mass is 10.1. The molecule has 1 heterocycles. The number of urea groups is 1. The van der Waals surface area contributed by atoms with Crippen molar-refractivity contribution in [3.63, 3.8) is 0 Å². The van der Waals surface area contributed by atoms with Crippen LogP contribution in [0.1, 0.15) is 24.1 Å². The number of aromatic nitrogens is 1. The van der Waals surface area contributed by atoms with Crippen LogP contribution >= 0.6 is 0 Å². The summed E-state index contributed by atoms with van der Waals surface area (Å²) in [6.45, 7) is 0.398. The lowest BCUT2D eigenvalue weighted by Crippen LogP contribution is -2.31. The van der Waals surface area contributed by atoms with E-state index in [0.29, 0.717) is 0 Å². The maximum atomic E-state index is 12.2. The first-order chi connectivity index (χ1) is 12.7. The van der Waals surface area contributed by atoms with Gasteiger partial charge in [0.15, 0.2) is 0 Å². The summed E-state index contributed by atoms with van der Waals surface area (Å²) in [4.78, 5) is 19.2. The van der Waals surface area contributed by atoms with Crippen molar-refractivity contribution in [3.05, 3.63) is 53.7 Å². The molecular weight excluding hydrogens is 361 g/mol. The van der Waals surface area contributed by atoms with E-state index in [1.54, 1.807) is 0 Å². The average Bonchev–Trinajstić information content (AvgIpc) is 2.60. The van der Waals surface area contributed by atoms with Gasteiger partial charge in [0.1, 0.15) is 18.2 Å². The number of aliphatic imine (C=N–C) groups is 1. The minimum atomic E-state index is -4.47. The molecule has 2 amide bonds. The molecule has 27 heavy (non-hydrogen) atoms. The number of hydrogen-bond donors (Lipinski definition) is 4. The van der Waals surface area contributed by atoms with Crippen LogP contribution < -0.4 is 22.1 Å². The van der Waals surface area contributed by atoms with Gasteiger partial charge in [0.05, 0.1) is 11.6 Å². The maximum Gasteiger partial charge on any atom is 0.408 e. The summed E-state index contributed by atoms with van der Waals surface area (Å²) < 4.78 is 36.6. The molecule has 0 spiro atoms. The van der Waals surface area contributed by atoms with E-state index in [0.717, 1.165) is 11.8 Å². The zero-order valence-electron chi connectivity index (χ0n) is 14.4. The molecule has 0 saturated carbocycles. The lowest BCUT2D eigenvalue weighted by Gasteiger charge is -2.15. The number of carbonyl (C=O) groups excluding carboxylic acids is 1. The van der Waals surface area contributed by atoms with Crippen molar-refractivity contribution in [1.29, 1.82) is 0 Å². The van der Waals surface area contributed by atoms with Gasteiger partial charge in [-0.2, -0.15) is 13.2 Å². The third-order valence-corrected chi connectivity index (χ3v) is 3.53. The Balaban J connectivity index is 2.01. The van der Waals surface area contributed by atoms with Gasteiger partial charge in [0.25, 0.3) is 0 Å². The number of alkyl halides is 3. The van der Waals surface area contributed by atoms with E-state index >= 15 is 0 Å². The zero-order chi connectivity index (χ0) is 20.0. The lowest BCUT2D eigenvalue weighted by molar-refractivity contribution is -0.118. The number of nitrogens with two attached hydrogens (primary N) is 2. The largest absolute Gasteiger partial charge is 0.408 e. The molecule has 1 aromatic heterocycles. The predicted molar refractivity (Wildman–Crippen MR) is 97.3 cm³/mol. The van der Waals surface area contributed by atoms with Crippen molar-refractivity contribution in [2.75, 3.05) is 17.6 Å². The Kier molecular flexibility index (Phi) is 6.22. The highest BCUT2D eigenvalue weighted by Gasteiger charge is 2.26. The number of nitrogen functional groups attached to an aromatic ring is 1. The Labute approximate surface area is 153 Å². The molecule has 1 aromatic carbocycles. The number of amides is 2. The maximum absolute atomic E-state index is 12.2. The SMILES string of the molecule is C[C@@H](NC(=O)Nc1cc(N)c(C(N)=NCC(F)(F)F)cn1)c1ccccc1. The molecule has 0 aliphatic rings. The van der Waals surface area contributed by atoms with Crippen LogP contribution in [0.4, 0.5) is 29.5 Å². The molecular formula is C17H19F3N6O. The van der Waals surface area contributed by atoms with E-state index in [1.165, 1.54) is 6.07 Å². The van der Waals surface area contributed by atoms with Gasteiger partial charge in [0, 0.05) is 18.0 Å². The van der Waals surface area contributed by atoms with E-state index in [-0.39, 0.29) is 28.9 Å². The Morgan fingerprint density at radius 3 is 2.56 bits per heavy atom. The van der Waals surface area contributed by atoms with Gasteiger partial charge in [-0.15, -0.1) is 0 Å². The molecule has 10 heteroatoms. The molecule has 1 atom stereocenters. The van der Waals surface area contributed by atoms with Crippen molar-refractivity contribution in [1.82, 2.24) is 10.3 Å². The van der Waals surface area contributed by atoms with E-state index in [2.05, 4.69) is 20.6 Å². The van der Waals surface area contributed by atoms with Crippen LogP contribution in [0.2, 0.25) is 0 Å². The van der Waals surface area contributed by atoms with Gasteiger partial charge in [-0.1, -0.05) is 30.3 Å². The quantitative estimate of drug-likeness (QED) is 0.471. The molecule has 2 aromatic rings. The van der Waals surface area contributed by atoms with Gasteiger partial charge in [-0.25, -0.2) is 9.78 Å². The van der Waals surface area contributed by atoms with Crippen LogP contribution in [0.3, 0.4) is 0 Å². The smallest absolute Gasteiger partial charge is 0.398 e. The Hall–Kier alpha value is -3.30. The second-order valence-electron chi connectivity index (χ2n) is 5.70. The first kappa shape index (κ1) is 20.0. The van der Waals surface area contributed by atoms with Crippen molar-refractivity contribution in [2.24, 2.45) is 10.7 Å². The van der Waals surface area contributed by atoms with Crippen molar-refractivity contribution >= 4 is 23.4 Å². The summed E-state index contributed by atoms with van der Waals surface area (Å²) >= 11 is 0. The summed E-state index contributed by atoms with van der Waals surface area (Å²) in [5.74, 6) is -0.261. The van der Waals surface area contributed by atoms with Crippen molar-refractivity contribution < 1.29 is 18.0 Å². The molecule has 0 unspecified atom stereocenters. The highest BCUT2D eigenvalue weighted by molar-refractivity contribution is 6.02. The van der Waals surface area contributed by atoms with Crippen LogP contribution in [0.15, 0.2) is 47.6 Å². The third-order valence-electron chi connectivity index (χ3n) is 3.53. The third kappa shape index (κ3) is 6.17. The molecule has 0 aliphatic carbocycles. The van der Waals surface area contributed by atoms with Crippen LogP contribution in [-0.2, 0) is 0 Å². The monoisotopic (exact) mass is 380 g/mol. The number of pyridine rings is 1. The fourth-order valence-electron chi connectivity index (χ4n) is 2.19. The number of amidine groups is 1. The number of halogens is 3. The Morgan fingerprint density at radius 1 is 1.30 bits per heavy atom. The van der Waals surface area contributed by atoms with E-state index in [4.69, 9.17) is 11.5 Å². The van der Waals surface area contributed by atoms with Gasteiger partial charge < -0.3 is 16.8 Å². The standard InChI is InChI=1S/C17H19F3N6O/c1-10(11-5-3-2-4-6-11)25-16(27)26-14-7-13(21)12(8-23-14)15(22)24-9-17(18,19)20/h2-8,10H,9H2,1H3,(H2,22,24)(H4,21,23,25,26,27)/t10-/m1/s1. The number of nitrogens with one attached hydrogen (secondary N) is 2. The summed E-state index contributed by atoms with van der Waals surface area (Å²) in [5, 5.41) is 5.24. The summed E-state index contributed by atoms with van der Waals surface area (Å²) in [7, 11) is 0. The number of nitrogens with zero attached hydrogens (tertiary/aromatic N) is 2. The molecule has 2 rings (SSSR count). The molecule has 0 radical (unpaired) electrons. The highest BCUT2D eigenvalue weighted by Crippen LogP contribution is 2.18. The molecule has 0 saturated heterocycles. The Bertz CT molecular complexity index is 823. The minimum absolute atomic E-state index is 0.0415. The fraction of sp³-hybridized carbons (Fsp3) is 0.235. The first-order valence-corrected chi connectivity index (χ1v) is 7.91. The number of hydrogen-bond acceptors (Lipinski definition) is 4. The first-order valence-electron chi connectivity index (χ1n) is 7.91. The second-order valence-corrected chi connectivity index (χ2v) is 5.70. The van der Waals surface area contributed by atoms with Crippen molar-refractivity contribution in [2.45, 2.75) is 19.1 Å². The highest BCUT2D eigenvalue weighted by atomic mass is 19.4. The predicted octanol–water partition coefficient (Wildman–Crippen LogP) is 2.81. The molecule has 0 aliphatic heterocycles. The van der Waals surface area contributed by atoms with Gasteiger partial charge >= 0.3 is 12.2 Å². The van der Waals surface area contributed by atoms with Gasteiger partial charge in [0.2, 0.25) is 0 Å². The van der Waals surface area contributed by atoms with Crippen LogP contribution in [0, 0.1) is 0 Å². The van der Waals surface area contributed by atoms with Crippen LogP contribution in [0.25, 0.3) is 0 Å². The van der Waals surface area contributed by atoms with Crippen molar-refractivity contribution in [3.8, 4) is 0 Å². The van der Waals surface area contributed by atoms with E-state index in [1.807, 2.05) is 37.3 Å². The number of benzene rings is 1. The number of carbonyl (C=O) groups is 1. The molecule has 0 fully saturated rings. The fourth-order valence-corrected chi connectivity index (χ4v) is 2.19. The summed E-state index contributed by atoms with van der Waals surface area (Å²) in [5.41, 5.74) is 12.3. The Morgan fingerprint density at radius 2 is 1.96 bits per heavy atom. The second kappa shape index (κ2) is 8.39. The van der Waals surface area contributed by atoms with Crippen LogP contribution in [-0.4, -0.2) is 29.6 Å². The normalized spacial score (nSPS) is 13.1. The van der Waals surface area contributed by atoms with Crippen LogP contribution in [0.5, 0.6) is 0 Å². The number of anilines is 2. The van der Waals surface area contributed by atoms with Gasteiger partial charge in [-0.3, -0.25) is 10.3 Å². The summed E-state index contributed by atoms with van der Waals surface area (Å²) in [6.07, 6.45) is -3.32. The number of rotatable bonds is 5. The minimum Gasteiger partial charge on any atom is -0.398 e. The summed E-state index contributed by atoms with van der Waals surface area (Å²) in [6, 6.07) is 9.87. The van der Waals surface area contributed by atoms with E-state index in [9.17, 15) is 18.0 Å². The molecule has 0 bridgehead atoms.